The summed E-state index contributed by atoms with van der Waals surface area (Å²) in [6.45, 7) is 0.699. The quantitative estimate of drug-likeness (QED) is 0.323. The summed E-state index contributed by atoms with van der Waals surface area (Å²) in [4.78, 5) is 36.3. The second kappa shape index (κ2) is 8.57. The van der Waals surface area contributed by atoms with Crippen LogP contribution in [0.2, 0.25) is 0 Å². The molecule has 8 nitrogen and oxygen atoms in total. The first-order valence-corrected chi connectivity index (χ1v) is 10.0. The van der Waals surface area contributed by atoms with Gasteiger partial charge in [0.15, 0.2) is 17.3 Å². The molecule has 0 bridgehead atoms. The number of benzene rings is 3. The minimum Gasteiger partial charge on any atom is -0.486 e. The first kappa shape index (κ1) is 20.5. The lowest BCUT2D eigenvalue weighted by Crippen LogP contribution is -2.19. The number of fused-ring (bicyclic) bond motifs is 1. The van der Waals surface area contributed by atoms with E-state index < -0.39 is 10.8 Å². The Balaban J connectivity index is 1.72. The van der Waals surface area contributed by atoms with Crippen LogP contribution < -0.4 is 14.8 Å². The molecule has 9 heteroatoms. The third kappa shape index (κ3) is 4.26. The molecule has 0 aliphatic carbocycles. The Bertz CT molecular complexity index is 1190. The van der Waals surface area contributed by atoms with Gasteiger partial charge in [0.05, 0.1) is 16.2 Å². The smallest absolute Gasteiger partial charge is 0.269 e. The van der Waals surface area contributed by atoms with Crippen LogP contribution in [0.3, 0.4) is 0 Å². The number of amides is 1. The summed E-state index contributed by atoms with van der Waals surface area (Å²) in [6, 6.07) is 15.2. The molecule has 0 aromatic heterocycles. The van der Waals surface area contributed by atoms with E-state index in [1.807, 2.05) is 0 Å². The minimum absolute atomic E-state index is 0.124. The van der Waals surface area contributed by atoms with Crippen LogP contribution in [0.5, 0.6) is 11.5 Å². The number of halogens is 1. The maximum absolute atomic E-state index is 13.3. The van der Waals surface area contributed by atoms with Gasteiger partial charge >= 0.3 is 0 Å². The highest BCUT2D eigenvalue weighted by molar-refractivity contribution is 9.10. The van der Waals surface area contributed by atoms with Gasteiger partial charge in [0.2, 0.25) is 0 Å². The standard InChI is InChI=1S/C22H15BrN2O6/c23-17-4-2-1-3-15(17)21(26)16-11-19-20(31-10-9-30-19)12-18(16)24-22(27)13-5-7-14(8-6-13)25(28)29/h1-8,11-12H,9-10H2,(H,24,27). The van der Waals surface area contributed by atoms with Crippen molar-refractivity contribution >= 4 is 39.0 Å². The average molecular weight is 483 g/mol. The highest BCUT2D eigenvalue weighted by atomic mass is 79.9. The summed E-state index contributed by atoms with van der Waals surface area (Å²) < 4.78 is 11.8. The van der Waals surface area contributed by atoms with Gasteiger partial charge in [0.25, 0.3) is 11.6 Å². The van der Waals surface area contributed by atoms with Crippen LogP contribution in [0.1, 0.15) is 26.3 Å². The highest BCUT2D eigenvalue weighted by Crippen LogP contribution is 2.37. The third-order valence-corrected chi connectivity index (χ3v) is 5.33. The number of hydrogen-bond donors (Lipinski definition) is 1. The van der Waals surface area contributed by atoms with Crippen LogP contribution >= 0.6 is 15.9 Å². The molecule has 1 aliphatic rings. The predicted molar refractivity (Wildman–Crippen MR) is 116 cm³/mol. The SMILES string of the molecule is O=C(Nc1cc2c(cc1C(=O)c1ccccc1Br)OCCO2)c1ccc([N+](=O)[O-])cc1. The fraction of sp³-hybridized carbons (Fsp3) is 0.0909. The molecule has 0 fully saturated rings. The molecule has 0 unspecified atom stereocenters. The van der Waals surface area contributed by atoms with Crippen molar-refractivity contribution in [2.45, 2.75) is 0 Å². The number of nitrogens with one attached hydrogen (secondary N) is 1. The summed E-state index contributed by atoms with van der Waals surface area (Å²) >= 11 is 3.38. The first-order valence-electron chi connectivity index (χ1n) is 9.23. The molecule has 3 aromatic rings. The Kier molecular flexibility index (Phi) is 5.68. The summed E-state index contributed by atoms with van der Waals surface area (Å²) in [6.07, 6.45) is 0. The number of anilines is 1. The molecule has 0 spiro atoms. The van der Waals surface area contributed by atoms with Crippen molar-refractivity contribution < 1.29 is 24.0 Å². The monoisotopic (exact) mass is 482 g/mol. The van der Waals surface area contributed by atoms with Gasteiger partial charge in [-0.25, -0.2) is 0 Å². The van der Waals surface area contributed by atoms with Gasteiger partial charge in [-0.15, -0.1) is 0 Å². The number of nitrogens with zero attached hydrogens (tertiary/aromatic N) is 1. The number of carbonyl (C=O) groups excluding carboxylic acids is 2. The van der Waals surface area contributed by atoms with Crippen molar-refractivity contribution in [1.82, 2.24) is 0 Å². The second-order valence-corrected chi connectivity index (χ2v) is 7.46. The second-order valence-electron chi connectivity index (χ2n) is 6.61. The lowest BCUT2D eigenvalue weighted by atomic mass is 10.0. The van der Waals surface area contributed by atoms with Gasteiger partial charge in [-0.3, -0.25) is 19.7 Å². The van der Waals surface area contributed by atoms with E-state index in [1.54, 1.807) is 36.4 Å². The van der Waals surface area contributed by atoms with Gasteiger partial charge < -0.3 is 14.8 Å². The molecule has 1 amide bonds. The van der Waals surface area contributed by atoms with Crippen LogP contribution in [0.15, 0.2) is 65.1 Å². The molecule has 1 heterocycles. The van der Waals surface area contributed by atoms with Crippen LogP contribution in [-0.2, 0) is 0 Å². The lowest BCUT2D eigenvalue weighted by Gasteiger charge is -2.21. The maximum atomic E-state index is 13.3. The summed E-state index contributed by atoms with van der Waals surface area (Å²) in [5, 5.41) is 13.5. The third-order valence-electron chi connectivity index (χ3n) is 4.63. The molecule has 0 saturated heterocycles. The zero-order valence-electron chi connectivity index (χ0n) is 16.0. The van der Waals surface area contributed by atoms with Crippen LogP contribution in [0.25, 0.3) is 0 Å². The molecule has 1 aliphatic heterocycles. The molecular weight excluding hydrogens is 468 g/mol. The van der Waals surface area contributed by atoms with Crippen molar-refractivity contribution in [1.29, 1.82) is 0 Å². The fourth-order valence-electron chi connectivity index (χ4n) is 3.10. The first-order chi connectivity index (χ1) is 14.9. The Morgan fingerprint density at radius 1 is 0.935 bits per heavy atom. The van der Waals surface area contributed by atoms with E-state index in [1.165, 1.54) is 24.3 Å². The number of hydrogen-bond acceptors (Lipinski definition) is 6. The van der Waals surface area contributed by atoms with Crippen molar-refractivity contribution in [2.75, 3.05) is 18.5 Å². The number of nitro benzene ring substituents is 1. The van der Waals surface area contributed by atoms with Crippen LogP contribution in [0.4, 0.5) is 11.4 Å². The largest absolute Gasteiger partial charge is 0.486 e. The molecule has 0 radical (unpaired) electrons. The Hall–Kier alpha value is -3.72. The lowest BCUT2D eigenvalue weighted by molar-refractivity contribution is -0.384. The van der Waals surface area contributed by atoms with Crippen molar-refractivity contribution in [2.24, 2.45) is 0 Å². The molecule has 1 N–H and O–H groups in total. The van der Waals surface area contributed by atoms with Gasteiger partial charge in [0, 0.05) is 33.8 Å². The Morgan fingerprint density at radius 2 is 1.58 bits per heavy atom. The van der Waals surface area contributed by atoms with E-state index in [4.69, 9.17) is 9.47 Å². The van der Waals surface area contributed by atoms with E-state index in [9.17, 15) is 19.7 Å². The fourth-order valence-corrected chi connectivity index (χ4v) is 3.56. The minimum atomic E-state index is -0.545. The molecule has 3 aromatic carbocycles. The van der Waals surface area contributed by atoms with Crippen LogP contribution in [-0.4, -0.2) is 29.8 Å². The molecule has 0 saturated carbocycles. The van der Waals surface area contributed by atoms with Gasteiger partial charge in [-0.2, -0.15) is 0 Å². The number of non-ortho nitro benzene ring substituents is 1. The summed E-state index contributed by atoms with van der Waals surface area (Å²) in [5.74, 6) is -0.0138. The number of ether oxygens (including phenoxy) is 2. The number of rotatable bonds is 5. The number of ketones is 1. The molecule has 156 valence electrons. The zero-order valence-corrected chi connectivity index (χ0v) is 17.5. The average Bonchev–Trinajstić information content (AvgIpc) is 2.78. The van der Waals surface area contributed by atoms with E-state index in [-0.39, 0.29) is 28.3 Å². The topological polar surface area (TPSA) is 108 Å². The number of nitro groups is 1. The van der Waals surface area contributed by atoms with Crippen molar-refractivity contribution in [3.63, 3.8) is 0 Å². The number of carbonyl (C=O) groups is 2. The molecule has 0 atom stereocenters. The predicted octanol–water partition coefficient (Wildman–Crippen LogP) is 4.61. The summed E-state index contributed by atoms with van der Waals surface area (Å²) in [7, 11) is 0. The Labute approximate surface area is 185 Å². The molecular formula is C22H15BrN2O6. The van der Waals surface area contributed by atoms with E-state index >= 15 is 0 Å². The van der Waals surface area contributed by atoms with Gasteiger partial charge in [-0.05, 0) is 30.3 Å². The molecule has 31 heavy (non-hydrogen) atoms. The highest BCUT2D eigenvalue weighted by Gasteiger charge is 2.23. The molecule has 4 rings (SSSR count). The van der Waals surface area contributed by atoms with E-state index in [0.717, 1.165) is 0 Å². The maximum Gasteiger partial charge on any atom is 0.269 e. The summed E-state index contributed by atoms with van der Waals surface area (Å²) in [5.41, 5.74) is 0.977. The van der Waals surface area contributed by atoms with Crippen molar-refractivity contribution in [3.8, 4) is 11.5 Å². The normalized spacial score (nSPS) is 12.2. The van der Waals surface area contributed by atoms with E-state index in [2.05, 4.69) is 21.2 Å². The van der Waals surface area contributed by atoms with Crippen LogP contribution in [0, 0.1) is 10.1 Å². The van der Waals surface area contributed by atoms with E-state index in [0.29, 0.717) is 34.7 Å². The van der Waals surface area contributed by atoms with Crippen molar-refractivity contribution in [3.05, 3.63) is 91.9 Å². The Morgan fingerprint density at radius 3 is 2.23 bits per heavy atom. The van der Waals surface area contributed by atoms with Gasteiger partial charge in [-0.1, -0.05) is 28.1 Å². The van der Waals surface area contributed by atoms with Gasteiger partial charge in [0.1, 0.15) is 13.2 Å². The zero-order chi connectivity index (χ0) is 22.0.